The summed E-state index contributed by atoms with van der Waals surface area (Å²) in [6, 6.07) is 62.9. The summed E-state index contributed by atoms with van der Waals surface area (Å²) >= 11 is 0. The van der Waals surface area contributed by atoms with Gasteiger partial charge in [0.2, 0.25) is 0 Å². The Morgan fingerprint density at radius 2 is 0.962 bits per heavy atom. The van der Waals surface area contributed by atoms with Gasteiger partial charge in [0, 0.05) is 27.8 Å². The molecule has 4 nitrogen and oxygen atoms in total. The van der Waals surface area contributed by atoms with Crippen LogP contribution in [0.1, 0.15) is 27.8 Å². The lowest BCUT2D eigenvalue weighted by Crippen LogP contribution is -2.32. The first kappa shape index (κ1) is 29.8. The van der Waals surface area contributed by atoms with Crippen molar-refractivity contribution in [2.45, 2.75) is 5.41 Å². The zero-order valence-electron chi connectivity index (χ0n) is 28.0. The second kappa shape index (κ2) is 11.8. The Balaban J connectivity index is 1.35. The highest BCUT2D eigenvalue weighted by Gasteiger charge is 2.52. The van der Waals surface area contributed by atoms with E-state index in [4.69, 9.17) is 14.7 Å². The van der Waals surface area contributed by atoms with E-state index in [1.807, 2.05) is 66.7 Å². The Hall–Kier alpha value is -7.09. The van der Waals surface area contributed by atoms with Crippen molar-refractivity contribution < 1.29 is 4.74 Å². The van der Waals surface area contributed by atoms with E-state index in [2.05, 4.69) is 115 Å². The fourth-order valence-electron chi connectivity index (χ4n) is 8.26. The fourth-order valence-corrected chi connectivity index (χ4v) is 8.26. The molecule has 1 aromatic heterocycles. The summed E-state index contributed by atoms with van der Waals surface area (Å²) in [5, 5.41) is 9.93. The summed E-state index contributed by atoms with van der Waals surface area (Å²) in [6.45, 7) is 0. The molecule has 1 aliphatic heterocycles. The highest BCUT2D eigenvalue weighted by molar-refractivity contribution is 6.02. The molecular weight excluding hydrogens is 635 g/mol. The normalized spacial score (nSPS) is 12.9. The zero-order valence-corrected chi connectivity index (χ0v) is 28.0. The van der Waals surface area contributed by atoms with E-state index in [0.29, 0.717) is 11.4 Å². The van der Waals surface area contributed by atoms with Crippen LogP contribution in [0.2, 0.25) is 0 Å². The van der Waals surface area contributed by atoms with Gasteiger partial charge in [0.25, 0.3) is 0 Å². The van der Waals surface area contributed by atoms with Crippen molar-refractivity contribution in [3.8, 4) is 73.7 Å². The Bertz CT molecular complexity index is 2630. The maximum Gasteiger partial charge on any atom is 0.160 e. The summed E-state index contributed by atoms with van der Waals surface area (Å²) in [5.74, 6) is 2.34. The first-order valence-corrected chi connectivity index (χ1v) is 17.4. The summed E-state index contributed by atoms with van der Waals surface area (Å²) < 4.78 is 6.63. The van der Waals surface area contributed by atoms with E-state index < -0.39 is 5.41 Å². The highest BCUT2D eigenvalue weighted by Crippen LogP contribution is 2.64. The number of fused-ring (bicyclic) bond motifs is 9. The third-order valence-electron chi connectivity index (χ3n) is 10.4. The van der Waals surface area contributed by atoms with Crippen molar-refractivity contribution >= 4 is 0 Å². The van der Waals surface area contributed by atoms with Gasteiger partial charge in [-0.2, -0.15) is 5.26 Å². The predicted octanol–water partition coefficient (Wildman–Crippen LogP) is 11.5. The molecule has 2 heterocycles. The third-order valence-corrected chi connectivity index (χ3v) is 10.4. The van der Waals surface area contributed by atoms with Gasteiger partial charge in [-0.15, -0.1) is 0 Å². The number of nitriles is 1. The topological polar surface area (TPSA) is 58.8 Å². The van der Waals surface area contributed by atoms with Gasteiger partial charge in [0.05, 0.1) is 28.4 Å². The van der Waals surface area contributed by atoms with E-state index in [1.54, 1.807) is 0 Å². The maximum absolute atomic E-state index is 9.93. The number of ether oxygens (including phenoxy) is 1. The van der Waals surface area contributed by atoms with Crippen molar-refractivity contribution in [3.63, 3.8) is 0 Å². The Morgan fingerprint density at radius 3 is 1.63 bits per heavy atom. The molecule has 0 saturated heterocycles. The molecule has 10 rings (SSSR count). The molecular formula is C48H29N3O. The lowest BCUT2D eigenvalue weighted by Gasteiger charge is -2.39. The molecule has 7 aromatic carbocycles. The lowest BCUT2D eigenvalue weighted by molar-refractivity contribution is 0.436. The van der Waals surface area contributed by atoms with Crippen LogP contribution >= 0.6 is 0 Å². The Labute approximate surface area is 301 Å². The van der Waals surface area contributed by atoms with Gasteiger partial charge < -0.3 is 4.74 Å². The quantitative estimate of drug-likeness (QED) is 0.188. The number of benzene rings is 7. The van der Waals surface area contributed by atoms with Crippen molar-refractivity contribution in [3.05, 3.63) is 204 Å². The van der Waals surface area contributed by atoms with Crippen LogP contribution in [0, 0.1) is 11.3 Å². The van der Waals surface area contributed by atoms with E-state index in [1.165, 1.54) is 5.56 Å². The molecule has 0 unspecified atom stereocenters. The molecule has 0 saturated carbocycles. The number of hydrogen-bond acceptors (Lipinski definition) is 4. The van der Waals surface area contributed by atoms with Gasteiger partial charge in [-0.1, -0.05) is 146 Å². The minimum Gasteiger partial charge on any atom is -0.457 e. The minimum atomic E-state index is -0.674. The van der Waals surface area contributed by atoms with E-state index in [0.717, 1.165) is 78.5 Å². The summed E-state index contributed by atoms with van der Waals surface area (Å²) in [6.07, 6.45) is 0. The fraction of sp³-hybridized carbons (Fsp3) is 0.0208. The first-order chi connectivity index (χ1) is 25.7. The highest BCUT2D eigenvalue weighted by atomic mass is 16.5. The number of aromatic nitrogens is 2. The van der Waals surface area contributed by atoms with Gasteiger partial charge >= 0.3 is 0 Å². The van der Waals surface area contributed by atoms with Crippen LogP contribution in [0.3, 0.4) is 0 Å². The van der Waals surface area contributed by atoms with Crippen LogP contribution in [-0.2, 0) is 5.41 Å². The molecule has 0 bridgehead atoms. The Morgan fingerprint density at radius 1 is 0.442 bits per heavy atom. The molecule has 1 spiro atoms. The van der Waals surface area contributed by atoms with Crippen molar-refractivity contribution in [1.82, 2.24) is 9.97 Å². The number of hydrogen-bond donors (Lipinski definition) is 0. The average molecular weight is 664 g/mol. The summed E-state index contributed by atoms with van der Waals surface area (Å²) in [7, 11) is 0. The number of nitrogens with zero attached hydrogens (tertiary/aromatic N) is 3. The average Bonchev–Trinajstić information content (AvgIpc) is 3.52. The van der Waals surface area contributed by atoms with Crippen LogP contribution in [0.5, 0.6) is 11.5 Å². The minimum absolute atomic E-state index is 0.619. The van der Waals surface area contributed by atoms with E-state index in [-0.39, 0.29) is 0 Å². The molecule has 8 aromatic rings. The van der Waals surface area contributed by atoms with Crippen LogP contribution in [0.15, 0.2) is 176 Å². The van der Waals surface area contributed by atoms with Crippen LogP contribution in [0.25, 0.3) is 56.2 Å². The van der Waals surface area contributed by atoms with Gasteiger partial charge in [-0.25, -0.2) is 9.97 Å². The Kier molecular flexibility index (Phi) is 6.74. The van der Waals surface area contributed by atoms with Crippen LogP contribution in [0.4, 0.5) is 0 Å². The van der Waals surface area contributed by atoms with Crippen LogP contribution in [-0.4, -0.2) is 9.97 Å². The largest absolute Gasteiger partial charge is 0.457 e. The van der Waals surface area contributed by atoms with Gasteiger partial charge in [0.15, 0.2) is 5.82 Å². The second-order valence-corrected chi connectivity index (χ2v) is 13.2. The van der Waals surface area contributed by atoms with Crippen LogP contribution < -0.4 is 4.74 Å². The van der Waals surface area contributed by atoms with E-state index in [9.17, 15) is 5.26 Å². The van der Waals surface area contributed by atoms with Crippen molar-refractivity contribution in [2.75, 3.05) is 0 Å². The van der Waals surface area contributed by atoms with E-state index >= 15 is 0 Å². The molecule has 4 heteroatoms. The monoisotopic (exact) mass is 663 g/mol. The van der Waals surface area contributed by atoms with Crippen molar-refractivity contribution in [1.29, 1.82) is 5.26 Å². The van der Waals surface area contributed by atoms with Crippen molar-refractivity contribution in [2.24, 2.45) is 0 Å². The standard InChI is InChI=1S/C48H29N3O/c49-30-31-14-11-19-34(28-31)35-20-12-24-39-45(35)46-36(42-29-41(32-15-3-1-4-16-32)50-47(51-42)33-17-5-2-6-18-33)21-13-25-40(46)48(39)37-22-7-9-26-43(37)52-44-27-10-8-23-38(44)48/h1-29H. The molecule has 0 radical (unpaired) electrons. The summed E-state index contributed by atoms with van der Waals surface area (Å²) in [5.41, 5.74) is 13.4. The lowest BCUT2D eigenvalue weighted by atomic mass is 9.66. The summed E-state index contributed by atoms with van der Waals surface area (Å²) in [4.78, 5) is 10.4. The smallest absolute Gasteiger partial charge is 0.160 e. The molecule has 242 valence electrons. The first-order valence-electron chi connectivity index (χ1n) is 17.4. The molecule has 0 atom stereocenters. The predicted molar refractivity (Wildman–Crippen MR) is 206 cm³/mol. The second-order valence-electron chi connectivity index (χ2n) is 13.2. The molecule has 52 heavy (non-hydrogen) atoms. The van der Waals surface area contributed by atoms with Gasteiger partial charge in [0.1, 0.15) is 11.5 Å². The maximum atomic E-state index is 9.93. The third kappa shape index (κ3) is 4.40. The number of rotatable bonds is 4. The molecule has 1 aliphatic carbocycles. The molecule has 0 amide bonds. The zero-order chi connectivity index (χ0) is 34.6. The molecule has 0 fully saturated rings. The van der Waals surface area contributed by atoms with Gasteiger partial charge in [-0.3, -0.25) is 0 Å². The SMILES string of the molecule is N#Cc1cccc(-c2cccc3c2-c2c(-c4cc(-c5ccccc5)nc(-c5ccccc5)n4)cccc2C32c3ccccc3Oc3ccccc32)c1. The number of para-hydroxylation sites is 2. The molecule has 2 aliphatic rings. The van der Waals surface area contributed by atoms with Gasteiger partial charge in [-0.05, 0) is 63.7 Å². The molecule has 0 N–H and O–H groups in total.